The number of benzene rings is 2. The van der Waals surface area contributed by atoms with Crippen LogP contribution in [0.4, 0.5) is 5.69 Å². The standard InChI is InChI=1S/C14H14ClN/c1-9-3-4-10(2)14(5-9)11-6-12(15)8-13(16)7-11/h3-8H,16H2,1-2H3. The van der Waals surface area contributed by atoms with E-state index in [9.17, 15) is 0 Å². The molecule has 16 heavy (non-hydrogen) atoms. The molecule has 82 valence electrons. The molecule has 0 radical (unpaired) electrons. The molecule has 0 saturated carbocycles. The molecule has 2 aromatic rings. The van der Waals surface area contributed by atoms with Crippen molar-refractivity contribution in [2.45, 2.75) is 13.8 Å². The van der Waals surface area contributed by atoms with Gasteiger partial charge in [0.1, 0.15) is 0 Å². The summed E-state index contributed by atoms with van der Waals surface area (Å²) in [5.74, 6) is 0. The van der Waals surface area contributed by atoms with Crippen molar-refractivity contribution in [2.75, 3.05) is 5.73 Å². The normalized spacial score (nSPS) is 10.4. The number of anilines is 1. The van der Waals surface area contributed by atoms with Crippen molar-refractivity contribution in [2.24, 2.45) is 0 Å². The quantitative estimate of drug-likeness (QED) is 0.732. The largest absolute Gasteiger partial charge is 0.399 e. The van der Waals surface area contributed by atoms with Crippen LogP contribution in [0, 0.1) is 13.8 Å². The fourth-order valence-electron chi connectivity index (χ4n) is 1.81. The average molecular weight is 232 g/mol. The third-order valence-corrected chi connectivity index (χ3v) is 2.84. The fourth-order valence-corrected chi connectivity index (χ4v) is 2.06. The highest BCUT2D eigenvalue weighted by molar-refractivity contribution is 6.31. The van der Waals surface area contributed by atoms with Crippen LogP contribution < -0.4 is 5.73 Å². The Kier molecular flexibility index (Phi) is 2.88. The Morgan fingerprint density at radius 3 is 2.44 bits per heavy atom. The molecule has 0 saturated heterocycles. The van der Waals surface area contributed by atoms with Crippen LogP contribution in [-0.2, 0) is 0 Å². The van der Waals surface area contributed by atoms with Crippen molar-refractivity contribution < 1.29 is 0 Å². The van der Waals surface area contributed by atoms with E-state index in [4.69, 9.17) is 17.3 Å². The summed E-state index contributed by atoms with van der Waals surface area (Å²) in [7, 11) is 0. The van der Waals surface area contributed by atoms with Crippen LogP contribution in [0.1, 0.15) is 11.1 Å². The Morgan fingerprint density at radius 1 is 1.00 bits per heavy atom. The highest BCUT2D eigenvalue weighted by Gasteiger charge is 2.04. The Bertz CT molecular complexity index is 512. The van der Waals surface area contributed by atoms with E-state index < -0.39 is 0 Å². The van der Waals surface area contributed by atoms with E-state index in [2.05, 4.69) is 32.0 Å². The van der Waals surface area contributed by atoms with Gasteiger partial charge >= 0.3 is 0 Å². The number of halogens is 1. The molecule has 0 aliphatic heterocycles. The molecule has 0 fully saturated rings. The van der Waals surface area contributed by atoms with Crippen LogP contribution in [0.5, 0.6) is 0 Å². The van der Waals surface area contributed by atoms with Gasteiger partial charge in [0.2, 0.25) is 0 Å². The van der Waals surface area contributed by atoms with Gasteiger partial charge in [0.15, 0.2) is 0 Å². The molecule has 0 amide bonds. The summed E-state index contributed by atoms with van der Waals surface area (Å²) >= 11 is 6.01. The SMILES string of the molecule is Cc1ccc(C)c(-c2cc(N)cc(Cl)c2)c1. The minimum Gasteiger partial charge on any atom is -0.399 e. The third-order valence-electron chi connectivity index (χ3n) is 2.62. The maximum Gasteiger partial charge on any atom is 0.0432 e. The van der Waals surface area contributed by atoms with Gasteiger partial charge in [0.05, 0.1) is 0 Å². The summed E-state index contributed by atoms with van der Waals surface area (Å²) in [5, 5.41) is 0.677. The number of rotatable bonds is 1. The van der Waals surface area contributed by atoms with Gasteiger partial charge in [-0.05, 0) is 48.7 Å². The lowest BCUT2D eigenvalue weighted by atomic mass is 9.98. The molecule has 0 bridgehead atoms. The molecule has 0 aliphatic carbocycles. The van der Waals surface area contributed by atoms with Gasteiger partial charge in [-0.25, -0.2) is 0 Å². The van der Waals surface area contributed by atoms with Crippen LogP contribution in [0.3, 0.4) is 0 Å². The first kappa shape index (κ1) is 11.0. The molecule has 0 heterocycles. The molecule has 2 aromatic carbocycles. The monoisotopic (exact) mass is 231 g/mol. The molecule has 1 nitrogen and oxygen atoms in total. The van der Waals surface area contributed by atoms with E-state index in [0.717, 1.165) is 5.56 Å². The number of aryl methyl sites for hydroxylation is 2. The van der Waals surface area contributed by atoms with E-state index in [-0.39, 0.29) is 0 Å². The molecule has 0 atom stereocenters. The molecule has 0 aromatic heterocycles. The summed E-state index contributed by atoms with van der Waals surface area (Å²) in [6, 6.07) is 12.0. The minimum atomic E-state index is 0.677. The Labute approximate surface area is 101 Å². The van der Waals surface area contributed by atoms with Gasteiger partial charge in [-0.1, -0.05) is 35.4 Å². The predicted octanol–water partition coefficient (Wildman–Crippen LogP) is 4.21. The number of nitrogen functional groups attached to an aromatic ring is 1. The summed E-state index contributed by atoms with van der Waals surface area (Å²) in [6.07, 6.45) is 0. The molecule has 0 aliphatic rings. The van der Waals surface area contributed by atoms with Crippen molar-refractivity contribution >= 4 is 17.3 Å². The van der Waals surface area contributed by atoms with Crippen molar-refractivity contribution in [3.05, 3.63) is 52.5 Å². The fraction of sp³-hybridized carbons (Fsp3) is 0.143. The average Bonchev–Trinajstić information content (AvgIpc) is 2.20. The first-order chi connectivity index (χ1) is 7.56. The maximum absolute atomic E-state index is 6.01. The first-order valence-electron chi connectivity index (χ1n) is 5.20. The summed E-state index contributed by atoms with van der Waals surface area (Å²) in [5.41, 5.74) is 11.2. The summed E-state index contributed by atoms with van der Waals surface area (Å²) in [4.78, 5) is 0. The highest BCUT2D eigenvalue weighted by Crippen LogP contribution is 2.29. The smallest absolute Gasteiger partial charge is 0.0432 e. The van der Waals surface area contributed by atoms with Gasteiger partial charge < -0.3 is 5.73 Å². The molecule has 2 N–H and O–H groups in total. The van der Waals surface area contributed by atoms with Gasteiger partial charge in [-0.15, -0.1) is 0 Å². The van der Waals surface area contributed by atoms with E-state index in [1.165, 1.54) is 16.7 Å². The predicted molar refractivity (Wildman–Crippen MR) is 70.8 cm³/mol. The molecular weight excluding hydrogens is 218 g/mol. The second-order valence-electron chi connectivity index (χ2n) is 4.09. The number of hydrogen-bond donors (Lipinski definition) is 1. The van der Waals surface area contributed by atoms with Crippen LogP contribution in [0.25, 0.3) is 11.1 Å². The van der Waals surface area contributed by atoms with Crippen LogP contribution >= 0.6 is 11.6 Å². The number of hydrogen-bond acceptors (Lipinski definition) is 1. The third kappa shape index (κ3) is 2.20. The molecule has 2 rings (SSSR count). The van der Waals surface area contributed by atoms with Crippen molar-refractivity contribution in [1.29, 1.82) is 0 Å². The lowest BCUT2D eigenvalue weighted by Gasteiger charge is -2.08. The highest BCUT2D eigenvalue weighted by atomic mass is 35.5. The molecule has 0 spiro atoms. The van der Waals surface area contributed by atoms with E-state index in [0.29, 0.717) is 10.7 Å². The minimum absolute atomic E-state index is 0.677. The van der Waals surface area contributed by atoms with Crippen molar-refractivity contribution in [3.8, 4) is 11.1 Å². The van der Waals surface area contributed by atoms with Gasteiger partial charge in [0.25, 0.3) is 0 Å². The second-order valence-corrected chi connectivity index (χ2v) is 4.53. The van der Waals surface area contributed by atoms with Crippen molar-refractivity contribution in [3.63, 3.8) is 0 Å². The van der Waals surface area contributed by atoms with Gasteiger partial charge in [-0.3, -0.25) is 0 Å². The van der Waals surface area contributed by atoms with Crippen LogP contribution in [0.2, 0.25) is 5.02 Å². The zero-order valence-corrected chi connectivity index (χ0v) is 10.2. The van der Waals surface area contributed by atoms with E-state index >= 15 is 0 Å². The molecular formula is C14H14ClN. The zero-order valence-electron chi connectivity index (χ0n) is 9.42. The van der Waals surface area contributed by atoms with Crippen LogP contribution in [-0.4, -0.2) is 0 Å². The number of nitrogens with two attached hydrogens (primary N) is 1. The van der Waals surface area contributed by atoms with Gasteiger partial charge in [-0.2, -0.15) is 0 Å². The maximum atomic E-state index is 6.01. The lowest BCUT2D eigenvalue weighted by molar-refractivity contribution is 1.39. The topological polar surface area (TPSA) is 26.0 Å². The molecule has 0 unspecified atom stereocenters. The van der Waals surface area contributed by atoms with Crippen molar-refractivity contribution in [1.82, 2.24) is 0 Å². The summed E-state index contributed by atoms with van der Waals surface area (Å²) < 4.78 is 0. The Morgan fingerprint density at radius 2 is 1.75 bits per heavy atom. The summed E-state index contributed by atoms with van der Waals surface area (Å²) in [6.45, 7) is 4.17. The lowest BCUT2D eigenvalue weighted by Crippen LogP contribution is -1.89. The Balaban J connectivity index is 2.62. The molecule has 2 heteroatoms. The first-order valence-corrected chi connectivity index (χ1v) is 5.58. The van der Waals surface area contributed by atoms with Gasteiger partial charge in [0, 0.05) is 10.7 Å². The van der Waals surface area contributed by atoms with Crippen LogP contribution in [0.15, 0.2) is 36.4 Å². The Hall–Kier alpha value is -1.47. The van der Waals surface area contributed by atoms with E-state index in [1.807, 2.05) is 12.1 Å². The second kappa shape index (κ2) is 4.18. The zero-order chi connectivity index (χ0) is 11.7. The van der Waals surface area contributed by atoms with E-state index in [1.54, 1.807) is 6.07 Å².